The quantitative estimate of drug-likeness (QED) is 0.845. The minimum Gasteiger partial charge on any atom is -0.382 e. The van der Waals surface area contributed by atoms with Gasteiger partial charge in [0.25, 0.3) is 0 Å². The molecule has 106 valence electrons. The molecule has 1 aliphatic carbocycles. The SMILES string of the molecule is COCc1cccc(NC2CCCC(C(C)C)C2)c1. The minimum atomic E-state index is 0.638. The maximum atomic E-state index is 5.19. The zero-order valence-corrected chi connectivity index (χ0v) is 12.5. The highest BCUT2D eigenvalue weighted by Gasteiger charge is 2.23. The zero-order valence-electron chi connectivity index (χ0n) is 12.5. The first-order valence-electron chi connectivity index (χ1n) is 7.53. The number of anilines is 1. The number of nitrogens with one attached hydrogen (secondary N) is 1. The first kappa shape index (κ1) is 14.4. The molecule has 1 saturated carbocycles. The maximum Gasteiger partial charge on any atom is 0.0713 e. The lowest BCUT2D eigenvalue weighted by Gasteiger charge is -2.32. The van der Waals surface area contributed by atoms with E-state index in [1.807, 2.05) is 0 Å². The van der Waals surface area contributed by atoms with E-state index >= 15 is 0 Å². The molecule has 0 amide bonds. The molecule has 0 saturated heterocycles. The van der Waals surface area contributed by atoms with Crippen LogP contribution in [-0.4, -0.2) is 13.2 Å². The lowest BCUT2D eigenvalue weighted by molar-refractivity contribution is 0.185. The minimum absolute atomic E-state index is 0.638. The molecule has 0 aromatic heterocycles. The molecule has 0 aliphatic heterocycles. The molecule has 2 rings (SSSR count). The van der Waals surface area contributed by atoms with Crippen LogP contribution < -0.4 is 5.32 Å². The summed E-state index contributed by atoms with van der Waals surface area (Å²) in [7, 11) is 1.74. The van der Waals surface area contributed by atoms with Crippen molar-refractivity contribution in [2.24, 2.45) is 11.8 Å². The first-order valence-corrected chi connectivity index (χ1v) is 7.53. The van der Waals surface area contributed by atoms with Gasteiger partial charge in [-0.1, -0.05) is 38.8 Å². The van der Waals surface area contributed by atoms with Crippen LogP contribution in [0.4, 0.5) is 5.69 Å². The Labute approximate surface area is 117 Å². The molecule has 2 atom stereocenters. The van der Waals surface area contributed by atoms with E-state index in [-0.39, 0.29) is 0 Å². The van der Waals surface area contributed by atoms with Gasteiger partial charge in [-0.15, -0.1) is 0 Å². The lowest BCUT2D eigenvalue weighted by Crippen LogP contribution is -2.29. The Bertz CT molecular complexity index is 389. The van der Waals surface area contributed by atoms with Crippen molar-refractivity contribution < 1.29 is 4.74 Å². The van der Waals surface area contributed by atoms with Crippen molar-refractivity contribution in [3.8, 4) is 0 Å². The van der Waals surface area contributed by atoms with E-state index in [9.17, 15) is 0 Å². The first-order chi connectivity index (χ1) is 9.19. The van der Waals surface area contributed by atoms with E-state index < -0.39 is 0 Å². The second-order valence-corrected chi connectivity index (χ2v) is 6.15. The molecule has 2 unspecified atom stereocenters. The van der Waals surface area contributed by atoms with Gasteiger partial charge >= 0.3 is 0 Å². The molecule has 2 heteroatoms. The van der Waals surface area contributed by atoms with Crippen LogP contribution in [0.1, 0.15) is 45.1 Å². The highest BCUT2D eigenvalue weighted by atomic mass is 16.5. The van der Waals surface area contributed by atoms with Gasteiger partial charge in [-0.05, 0) is 42.4 Å². The van der Waals surface area contributed by atoms with Gasteiger partial charge in [-0.3, -0.25) is 0 Å². The lowest BCUT2D eigenvalue weighted by atomic mass is 9.79. The fourth-order valence-corrected chi connectivity index (χ4v) is 3.12. The largest absolute Gasteiger partial charge is 0.382 e. The van der Waals surface area contributed by atoms with Crippen LogP contribution >= 0.6 is 0 Å². The van der Waals surface area contributed by atoms with Crippen LogP contribution in [0.15, 0.2) is 24.3 Å². The molecule has 0 radical (unpaired) electrons. The zero-order chi connectivity index (χ0) is 13.7. The van der Waals surface area contributed by atoms with Crippen molar-refractivity contribution in [2.45, 2.75) is 52.2 Å². The summed E-state index contributed by atoms with van der Waals surface area (Å²) in [5, 5.41) is 3.71. The van der Waals surface area contributed by atoms with Crippen LogP contribution in [-0.2, 0) is 11.3 Å². The molecule has 1 aromatic carbocycles. The molecule has 0 spiro atoms. The summed E-state index contributed by atoms with van der Waals surface area (Å²) in [6.45, 7) is 5.40. The van der Waals surface area contributed by atoms with Crippen LogP contribution in [0.2, 0.25) is 0 Å². The van der Waals surface area contributed by atoms with Gasteiger partial charge in [0, 0.05) is 18.8 Å². The van der Waals surface area contributed by atoms with E-state index in [2.05, 4.69) is 43.4 Å². The molecular formula is C17H27NO. The summed E-state index contributed by atoms with van der Waals surface area (Å²) in [6, 6.07) is 9.24. The average Bonchev–Trinajstić information content (AvgIpc) is 2.40. The summed E-state index contributed by atoms with van der Waals surface area (Å²) < 4.78 is 5.19. The van der Waals surface area contributed by atoms with Gasteiger partial charge in [0.2, 0.25) is 0 Å². The molecule has 1 fully saturated rings. The smallest absolute Gasteiger partial charge is 0.0713 e. The second kappa shape index (κ2) is 6.95. The van der Waals surface area contributed by atoms with Crippen LogP contribution in [0.5, 0.6) is 0 Å². The Morgan fingerprint density at radius 3 is 2.89 bits per heavy atom. The van der Waals surface area contributed by atoms with Gasteiger partial charge in [0.15, 0.2) is 0 Å². The number of hydrogen-bond donors (Lipinski definition) is 1. The summed E-state index contributed by atoms with van der Waals surface area (Å²) in [5.74, 6) is 1.69. The maximum absolute atomic E-state index is 5.19. The van der Waals surface area contributed by atoms with Gasteiger partial charge in [-0.2, -0.15) is 0 Å². The Morgan fingerprint density at radius 1 is 1.32 bits per heavy atom. The third-order valence-electron chi connectivity index (χ3n) is 4.27. The molecule has 19 heavy (non-hydrogen) atoms. The Kier molecular flexibility index (Phi) is 5.26. The summed E-state index contributed by atoms with van der Waals surface area (Å²) in [4.78, 5) is 0. The van der Waals surface area contributed by atoms with Crippen LogP contribution in [0.25, 0.3) is 0 Å². The number of benzene rings is 1. The Hall–Kier alpha value is -1.02. The van der Waals surface area contributed by atoms with Crippen molar-refractivity contribution >= 4 is 5.69 Å². The monoisotopic (exact) mass is 261 g/mol. The normalized spacial score (nSPS) is 23.6. The van der Waals surface area contributed by atoms with Crippen molar-refractivity contribution in [3.63, 3.8) is 0 Å². The number of ether oxygens (including phenoxy) is 1. The van der Waals surface area contributed by atoms with Crippen molar-refractivity contribution in [1.82, 2.24) is 0 Å². The molecule has 1 aliphatic rings. The molecule has 0 bridgehead atoms. The van der Waals surface area contributed by atoms with Crippen LogP contribution in [0, 0.1) is 11.8 Å². The molecule has 1 N–H and O–H groups in total. The summed E-state index contributed by atoms with van der Waals surface area (Å²) >= 11 is 0. The van der Waals surface area contributed by atoms with E-state index in [0.717, 1.165) is 11.8 Å². The molecule has 1 aromatic rings. The van der Waals surface area contributed by atoms with Gasteiger partial charge < -0.3 is 10.1 Å². The van der Waals surface area contributed by atoms with E-state index in [4.69, 9.17) is 4.74 Å². The topological polar surface area (TPSA) is 21.3 Å². The number of rotatable bonds is 5. The van der Waals surface area contributed by atoms with Gasteiger partial charge in [0.1, 0.15) is 0 Å². The predicted octanol–water partition coefficient (Wildman–Crippen LogP) is 4.46. The molecule has 2 nitrogen and oxygen atoms in total. The Morgan fingerprint density at radius 2 is 2.16 bits per heavy atom. The number of methoxy groups -OCH3 is 1. The Balaban J connectivity index is 1.94. The third kappa shape index (κ3) is 4.24. The van der Waals surface area contributed by atoms with Crippen molar-refractivity contribution in [3.05, 3.63) is 29.8 Å². The standard InChI is InChI=1S/C17H27NO/c1-13(2)15-7-5-9-17(11-15)18-16-8-4-6-14(10-16)12-19-3/h4,6,8,10,13,15,17-18H,5,7,9,11-12H2,1-3H3. The fraction of sp³-hybridized carbons (Fsp3) is 0.647. The van der Waals surface area contributed by atoms with Crippen LogP contribution in [0.3, 0.4) is 0 Å². The fourth-order valence-electron chi connectivity index (χ4n) is 3.12. The molecular weight excluding hydrogens is 234 g/mol. The highest BCUT2D eigenvalue weighted by molar-refractivity contribution is 5.46. The van der Waals surface area contributed by atoms with E-state index in [1.54, 1.807) is 7.11 Å². The highest BCUT2D eigenvalue weighted by Crippen LogP contribution is 2.31. The van der Waals surface area contributed by atoms with E-state index in [0.29, 0.717) is 12.6 Å². The summed E-state index contributed by atoms with van der Waals surface area (Å²) in [6.07, 6.45) is 5.38. The predicted molar refractivity (Wildman–Crippen MR) is 81.4 cm³/mol. The van der Waals surface area contributed by atoms with Gasteiger partial charge in [0.05, 0.1) is 6.61 Å². The van der Waals surface area contributed by atoms with Crippen molar-refractivity contribution in [2.75, 3.05) is 12.4 Å². The average molecular weight is 261 g/mol. The summed E-state index contributed by atoms with van der Waals surface area (Å²) in [5.41, 5.74) is 2.48. The van der Waals surface area contributed by atoms with Gasteiger partial charge in [-0.25, -0.2) is 0 Å². The van der Waals surface area contributed by atoms with Crippen molar-refractivity contribution in [1.29, 1.82) is 0 Å². The number of hydrogen-bond acceptors (Lipinski definition) is 2. The van der Waals surface area contributed by atoms with E-state index in [1.165, 1.54) is 36.9 Å². The third-order valence-corrected chi connectivity index (χ3v) is 4.27. The molecule has 0 heterocycles. The second-order valence-electron chi connectivity index (χ2n) is 6.15.